The van der Waals surface area contributed by atoms with E-state index < -0.39 is 0 Å². The first-order valence-electron chi connectivity index (χ1n) is 7.97. The van der Waals surface area contributed by atoms with E-state index in [4.69, 9.17) is 4.74 Å². The summed E-state index contributed by atoms with van der Waals surface area (Å²) in [7, 11) is 0. The number of amides is 2. The molecule has 5 nitrogen and oxygen atoms in total. The van der Waals surface area contributed by atoms with Gasteiger partial charge >= 0.3 is 0 Å². The number of ether oxygens (including phenoxy) is 1. The van der Waals surface area contributed by atoms with Gasteiger partial charge in [0.05, 0.1) is 11.7 Å². The van der Waals surface area contributed by atoms with Crippen molar-refractivity contribution in [2.24, 2.45) is 0 Å². The first-order chi connectivity index (χ1) is 11.6. The number of likely N-dealkylation sites (tertiary alicyclic amines) is 1. The van der Waals surface area contributed by atoms with Gasteiger partial charge in [0.1, 0.15) is 5.75 Å². The van der Waals surface area contributed by atoms with Crippen molar-refractivity contribution in [1.82, 2.24) is 4.90 Å². The summed E-state index contributed by atoms with van der Waals surface area (Å²) in [6.45, 7) is 2.17. The molecule has 2 amide bonds. The molecule has 1 fully saturated rings. The molecule has 1 aromatic heterocycles. The predicted octanol–water partition coefficient (Wildman–Crippen LogP) is 3.45. The third-order valence-electron chi connectivity index (χ3n) is 3.99. The van der Waals surface area contributed by atoms with Gasteiger partial charge in [0.25, 0.3) is 5.91 Å². The monoisotopic (exact) mass is 344 g/mol. The van der Waals surface area contributed by atoms with Crippen LogP contribution in [0.1, 0.15) is 30.7 Å². The number of benzene rings is 1. The van der Waals surface area contributed by atoms with Gasteiger partial charge in [-0.25, -0.2) is 0 Å². The Morgan fingerprint density at radius 2 is 2.12 bits per heavy atom. The SMILES string of the molecule is CC(=O)Nc1ccccc1OCC(=O)N1CCC[C@@H]1c1cccs1. The van der Waals surface area contributed by atoms with E-state index in [1.54, 1.807) is 23.5 Å². The number of rotatable bonds is 5. The van der Waals surface area contributed by atoms with Crippen LogP contribution in [0.25, 0.3) is 0 Å². The molecule has 0 spiro atoms. The van der Waals surface area contributed by atoms with E-state index in [0.717, 1.165) is 19.4 Å². The van der Waals surface area contributed by atoms with Gasteiger partial charge in [0, 0.05) is 18.3 Å². The maximum absolute atomic E-state index is 12.6. The lowest BCUT2D eigenvalue weighted by Crippen LogP contribution is -2.34. The highest BCUT2D eigenvalue weighted by atomic mass is 32.1. The lowest BCUT2D eigenvalue weighted by Gasteiger charge is -2.24. The molecule has 0 aliphatic carbocycles. The van der Waals surface area contributed by atoms with Gasteiger partial charge in [0.2, 0.25) is 5.91 Å². The Kier molecular flexibility index (Phi) is 5.15. The molecule has 126 valence electrons. The number of carbonyl (C=O) groups excluding carboxylic acids is 2. The molecule has 3 rings (SSSR count). The van der Waals surface area contributed by atoms with Gasteiger partial charge in [-0.1, -0.05) is 18.2 Å². The molecule has 1 N–H and O–H groups in total. The Labute approximate surface area is 145 Å². The van der Waals surface area contributed by atoms with Crippen molar-refractivity contribution in [1.29, 1.82) is 0 Å². The van der Waals surface area contributed by atoms with Crippen LogP contribution in [0.3, 0.4) is 0 Å². The van der Waals surface area contributed by atoms with Crippen LogP contribution in [0.5, 0.6) is 5.75 Å². The topological polar surface area (TPSA) is 58.6 Å². The zero-order valence-corrected chi connectivity index (χ0v) is 14.3. The van der Waals surface area contributed by atoms with Crippen LogP contribution < -0.4 is 10.1 Å². The van der Waals surface area contributed by atoms with Crippen LogP contribution in [0, 0.1) is 0 Å². The van der Waals surface area contributed by atoms with Crippen LogP contribution in [0.2, 0.25) is 0 Å². The van der Waals surface area contributed by atoms with Gasteiger partial charge < -0.3 is 15.0 Å². The second-order valence-corrected chi connectivity index (χ2v) is 6.71. The number of hydrogen-bond acceptors (Lipinski definition) is 4. The molecule has 6 heteroatoms. The summed E-state index contributed by atoms with van der Waals surface area (Å²) in [4.78, 5) is 26.9. The molecule has 1 atom stereocenters. The number of thiophene rings is 1. The summed E-state index contributed by atoms with van der Waals surface area (Å²) in [5, 5.41) is 4.75. The molecule has 1 aliphatic heterocycles. The third kappa shape index (κ3) is 3.76. The second-order valence-electron chi connectivity index (χ2n) is 5.73. The number of carbonyl (C=O) groups is 2. The summed E-state index contributed by atoms with van der Waals surface area (Å²) < 4.78 is 5.68. The Bertz CT molecular complexity index is 715. The van der Waals surface area contributed by atoms with E-state index in [0.29, 0.717) is 11.4 Å². The molecular weight excluding hydrogens is 324 g/mol. The van der Waals surface area contributed by atoms with Crippen molar-refractivity contribution in [3.05, 3.63) is 46.7 Å². The summed E-state index contributed by atoms with van der Waals surface area (Å²) in [5.41, 5.74) is 0.578. The Morgan fingerprint density at radius 3 is 2.88 bits per heavy atom. The predicted molar refractivity (Wildman–Crippen MR) is 94.2 cm³/mol. The zero-order chi connectivity index (χ0) is 16.9. The summed E-state index contributed by atoms with van der Waals surface area (Å²) in [6, 6.07) is 11.4. The minimum atomic E-state index is -0.172. The van der Waals surface area contributed by atoms with E-state index in [-0.39, 0.29) is 24.5 Å². The minimum Gasteiger partial charge on any atom is -0.482 e. The lowest BCUT2D eigenvalue weighted by molar-refractivity contribution is -0.134. The van der Waals surface area contributed by atoms with Crippen molar-refractivity contribution in [2.75, 3.05) is 18.5 Å². The summed E-state index contributed by atoms with van der Waals surface area (Å²) in [6.07, 6.45) is 2.01. The molecule has 1 aromatic carbocycles. The second kappa shape index (κ2) is 7.49. The summed E-state index contributed by atoms with van der Waals surface area (Å²) >= 11 is 1.68. The van der Waals surface area contributed by atoms with Crippen molar-refractivity contribution in [2.45, 2.75) is 25.8 Å². The van der Waals surface area contributed by atoms with E-state index >= 15 is 0 Å². The fourth-order valence-electron chi connectivity index (χ4n) is 2.95. The van der Waals surface area contributed by atoms with Crippen LogP contribution in [-0.2, 0) is 9.59 Å². The molecule has 1 aliphatic rings. The maximum atomic E-state index is 12.6. The van der Waals surface area contributed by atoms with Crippen LogP contribution >= 0.6 is 11.3 Å². The van der Waals surface area contributed by atoms with Crippen LogP contribution in [0.4, 0.5) is 5.69 Å². The van der Waals surface area contributed by atoms with E-state index in [2.05, 4.69) is 11.4 Å². The average molecular weight is 344 g/mol. The van der Waals surface area contributed by atoms with Gasteiger partial charge in [-0.3, -0.25) is 9.59 Å². The van der Waals surface area contributed by atoms with Crippen molar-refractivity contribution in [3.63, 3.8) is 0 Å². The first-order valence-corrected chi connectivity index (χ1v) is 8.85. The van der Waals surface area contributed by atoms with Gasteiger partial charge in [-0.2, -0.15) is 0 Å². The quantitative estimate of drug-likeness (QED) is 0.904. The molecule has 0 bridgehead atoms. The van der Waals surface area contributed by atoms with Gasteiger partial charge in [0.15, 0.2) is 6.61 Å². The highest BCUT2D eigenvalue weighted by molar-refractivity contribution is 7.10. The van der Waals surface area contributed by atoms with E-state index in [1.807, 2.05) is 28.5 Å². The van der Waals surface area contributed by atoms with Gasteiger partial charge in [-0.05, 0) is 36.4 Å². The Balaban J connectivity index is 1.64. The number of para-hydroxylation sites is 2. The van der Waals surface area contributed by atoms with Gasteiger partial charge in [-0.15, -0.1) is 11.3 Å². The van der Waals surface area contributed by atoms with Crippen molar-refractivity contribution >= 4 is 28.8 Å². The van der Waals surface area contributed by atoms with E-state index in [1.165, 1.54) is 11.8 Å². The number of hydrogen-bond donors (Lipinski definition) is 1. The summed E-state index contributed by atoms with van der Waals surface area (Å²) in [5.74, 6) is 0.311. The Morgan fingerprint density at radius 1 is 1.29 bits per heavy atom. The smallest absolute Gasteiger partial charge is 0.261 e. The largest absolute Gasteiger partial charge is 0.482 e. The standard InChI is InChI=1S/C18H20N2O3S/c1-13(21)19-14-6-2-3-8-16(14)23-12-18(22)20-10-4-7-15(20)17-9-5-11-24-17/h2-3,5-6,8-9,11,15H,4,7,10,12H2,1H3,(H,19,21)/t15-/m1/s1. The fraction of sp³-hybridized carbons (Fsp3) is 0.333. The number of nitrogens with one attached hydrogen (secondary N) is 1. The van der Waals surface area contributed by atoms with E-state index in [9.17, 15) is 9.59 Å². The van der Waals surface area contributed by atoms with Crippen LogP contribution in [-0.4, -0.2) is 29.9 Å². The highest BCUT2D eigenvalue weighted by Crippen LogP contribution is 2.34. The molecule has 0 saturated carbocycles. The fourth-order valence-corrected chi connectivity index (χ4v) is 3.82. The molecule has 2 aromatic rings. The Hall–Kier alpha value is -2.34. The molecule has 2 heterocycles. The normalized spacial score (nSPS) is 16.9. The molecule has 24 heavy (non-hydrogen) atoms. The third-order valence-corrected chi connectivity index (χ3v) is 4.97. The van der Waals surface area contributed by atoms with Crippen molar-refractivity contribution in [3.8, 4) is 5.75 Å². The zero-order valence-electron chi connectivity index (χ0n) is 13.5. The maximum Gasteiger partial charge on any atom is 0.261 e. The highest BCUT2D eigenvalue weighted by Gasteiger charge is 2.30. The average Bonchev–Trinajstić information content (AvgIpc) is 3.23. The number of anilines is 1. The molecular formula is C18H20N2O3S. The van der Waals surface area contributed by atoms with Crippen LogP contribution in [0.15, 0.2) is 41.8 Å². The number of nitrogens with zero attached hydrogens (tertiary/aromatic N) is 1. The lowest BCUT2D eigenvalue weighted by atomic mass is 10.2. The molecule has 0 unspecified atom stereocenters. The van der Waals surface area contributed by atoms with Crippen molar-refractivity contribution < 1.29 is 14.3 Å². The minimum absolute atomic E-state index is 0.0245. The first kappa shape index (κ1) is 16.5. The molecule has 0 radical (unpaired) electrons. The molecule has 1 saturated heterocycles.